The number of aryl methyl sites for hydroxylation is 1. The smallest absolute Gasteiger partial charge is 0.315 e. The second kappa shape index (κ2) is 7.72. The van der Waals surface area contributed by atoms with Gasteiger partial charge in [-0.05, 0) is 43.4 Å². The molecule has 0 aromatic carbocycles. The molecule has 25 heavy (non-hydrogen) atoms. The maximum Gasteiger partial charge on any atom is 0.315 e. The molecular weight excluding hydrogens is 318 g/mol. The maximum absolute atomic E-state index is 12.2. The Morgan fingerprint density at radius 3 is 2.80 bits per heavy atom. The lowest BCUT2D eigenvalue weighted by molar-refractivity contribution is 0.177. The molecule has 0 spiro atoms. The molecule has 2 heterocycles. The minimum Gasteiger partial charge on any atom is -0.377 e. The van der Waals surface area contributed by atoms with Crippen molar-refractivity contribution in [3.8, 4) is 0 Å². The highest BCUT2D eigenvalue weighted by Crippen LogP contribution is 2.37. The molecule has 0 unspecified atom stereocenters. The molecule has 7 heteroatoms. The second-order valence-electron chi connectivity index (χ2n) is 8.26. The molecule has 7 nitrogen and oxygen atoms in total. The van der Waals surface area contributed by atoms with Crippen LogP contribution in [0.3, 0.4) is 0 Å². The highest BCUT2D eigenvalue weighted by Gasteiger charge is 2.27. The number of amides is 2. The fraction of sp³-hybridized carbons (Fsp3) is 0.833. The van der Waals surface area contributed by atoms with E-state index in [2.05, 4.69) is 34.6 Å². The van der Waals surface area contributed by atoms with Gasteiger partial charge in [-0.2, -0.15) is 5.10 Å². The topological polar surface area (TPSA) is 81.1 Å². The van der Waals surface area contributed by atoms with Crippen LogP contribution < -0.4 is 10.6 Å². The molecule has 1 aromatic rings. The Morgan fingerprint density at radius 1 is 1.32 bits per heavy atom. The van der Waals surface area contributed by atoms with Crippen molar-refractivity contribution in [2.24, 2.45) is 11.3 Å². The van der Waals surface area contributed by atoms with Gasteiger partial charge in [0.25, 0.3) is 0 Å². The number of nitrogens with one attached hydrogen (secondary N) is 2. The molecule has 1 saturated carbocycles. The molecule has 3 rings (SSSR count). The third-order valence-corrected chi connectivity index (χ3v) is 5.52. The van der Waals surface area contributed by atoms with Crippen molar-refractivity contribution in [1.82, 2.24) is 25.4 Å². The van der Waals surface area contributed by atoms with Crippen LogP contribution in [0.5, 0.6) is 0 Å². The standard InChI is InChI=1S/C18H31N5O2/c1-18(2)8-6-13(7-9-18)10-19-17(24)20-14-4-5-16-21-15(12-25-3)22-23(16)11-14/h13-14H,4-12H2,1-3H3,(H2,19,20,24)/t14-/m1/s1. The van der Waals surface area contributed by atoms with E-state index in [0.29, 0.717) is 30.3 Å². The molecule has 1 aliphatic heterocycles. The lowest BCUT2D eigenvalue weighted by Gasteiger charge is -2.34. The van der Waals surface area contributed by atoms with Crippen LogP contribution in [0, 0.1) is 11.3 Å². The van der Waals surface area contributed by atoms with Crippen LogP contribution in [0.15, 0.2) is 0 Å². The molecule has 0 saturated heterocycles. The van der Waals surface area contributed by atoms with E-state index in [9.17, 15) is 4.79 Å². The number of nitrogens with zero attached hydrogens (tertiary/aromatic N) is 3. The fourth-order valence-corrected chi connectivity index (χ4v) is 3.81. The van der Waals surface area contributed by atoms with E-state index in [1.54, 1.807) is 7.11 Å². The van der Waals surface area contributed by atoms with Crippen LogP contribution in [-0.4, -0.2) is 40.5 Å². The number of aromatic nitrogens is 3. The molecule has 2 amide bonds. The van der Waals surface area contributed by atoms with Crippen molar-refractivity contribution in [1.29, 1.82) is 0 Å². The number of hydrogen-bond donors (Lipinski definition) is 2. The van der Waals surface area contributed by atoms with Crippen molar-refractivity contribution < 1.29 is 9.53 Å². The van der Waals surface area contributed by atoms with Crippen LogP contribution in [-0.2, 0) is 24.3 Å². The quantitative estimate of drug-likeness (QED) is 0.854. The van der Waals surface area contributed by atoms with Crippen LogP contribution in [0.4, 0.5) is 4.79 Å². The number of methoxy groups -OCH3 is 1. The Bertz CT molecular complexity index is 588. The van der Waals surface area contributed by atoms with Gasteiger partial charge in [0.15, 0.2) is 5.82 Å². The number of hydrogen-bond acceptors (Lipinski definition) is 4. The van der Waals surface area contributed by atoms with E-state index < -0.39 is 0 Å². The first-order valence-corrected chi connectivity index (χ1v) is 9.41. The third-order valence-electron chi connectivity index (χ3n) is 5.52. The van der Waals surface area contributed by atoms with Gasteiger partial charge in [0.1, 0.15) is 12.4 Å². The zero-order valence-corrected chi connectivity index (χ0v) is 15.7. The van der Waals surface area contributed by atoms with Gasteiger partial charge in [0.2, 0.25) is 0 Å². The Balaban J connectivity index is 1.41. The average Bonchev–Trinajstić information content (AvgIpc) is 2.96. The molecule has 1 aromatic heterocycles. The van der Waals surface area contributed by atoms with Crippen LogP contribution >= 0.6 is 0 Å². The van der Waals surface area contributed by atoms with E-state index >= 15 is 0 Å². The Morgan fingerprint density at radius 2 is 2.08 bits per heavy atom. The van der Waals surface area contributed by atoms with E-state index in [0.717, 1.165) is 25.2 Å². The van der Waals surface area contributed by atoms with Crippen LogP contribution in [0.2, 0.25) is 0 Å². The average molecular weight is 349 g/mol. The SMILES string of the molecule is COCc1nc2n(n1)C[C@H](NC(=O)NCC1CCC(C)(C)CC1)CC2. The first-order valence-electron chi connectivity index (χ1n) is 9.41. The van der Waals surface area contributed by atoms with Crippen molar-refractivity contribution in [2.45, 2.75) is 71.6 Å². The minimum atomic E-state index is -0.0597. The molecule has 1 fully saturated rings. The summed E-state index contributed by atoms with van der Waals surface area (Å²) in [5.74, 6) is 2.31. The van der Waals surface area contributed by atoms with E-state index in [1.807, 2.05) is 4.68 Å². The van der Waals surface area contributed by atoms with E-state index in [4.69, 9.17) is 4.74 Å². The molecule has 0 radical (unpaired) electrons. The number of rotatable bonds is 5. The summed E-state index contributed by atoms with van der Waals surface area (Å²) in [6.45, 7) is 6.56. The number of urea groups is 1. The van der Waals surface area contributed by atoms with Gasteiger partial charge in [0.05, 0.1) is 12.6 Å². The van der Waals surface area contributed by atoms with Gasteiger partial charge in [-0.3, -0.25) is 0 Å². The highest BCUT2D eigenvalue weighted by atomic mass is 16.5. The summed E-state index contributed by atoms with van der Waals surface area (Å²) in [6, 6.07) is 0.0467. The largest absolute Gasteiger partial charge is 0.377 e. The minimum absolute atomic E-state index is 0.0597. The molecular formula is C18H31N5O2. The zero-order valence-electron chi connectivity index (χ0n) is 15.7. The van der Waals surface area contributed by atoms with Crippen LogP contribution in [0.1, 0.15) is 57.6 Å². The predicted molar refractivity (Wildman–Crippen MR) is 95.1 cm³/mol. The zero-order chi connectivity index (χ0) is 17.9. The molecule has 2 aliphatic rings. The molecule has 0 bridgehead atoms. The summed E-state index contributed by atoms with van der Waals surface area (Å²) in [4.78, 5) is 16.7. The van der Waals surface area contributed by atoms with Gasteiger partial charge >= 0.3 is 6.03 Å². The number of carbonyl (C=O) groups is 1. The highest BCUT2D eigenvalue weighted by molar-refractivity contribution is 5.74. The molecule has 1 aliphatic carbocycles. The molecule has 2 N–H and O–H groups in total. The first-order chi connectivity index (χ1) is 11.9. The summed E-state index contributed by atoms with van der Waals surface area (Å²) >= 11 is 0. The number of carbonyl (C=O) groups excluding carboxylic acids is 1. The second-order valence-corrected chi connectivity index (χ2v) is 8.26. The Labute approximate surface area is 149 Å². The van der Waals surface area contributed by atoms with E-state index in [-0.39, 0.29) is 12.1 Å². The van der Waals surface area contributed by atoms with Crippen molar-refractivity contribution >= 4 is 6.03 Å². The monoisotopic (exact) mass is 349 g/mol. The third kappa shape index (κ3) is 4.93. The summed E-state index contributed by atoms with van der Waals surface area (Å²) in [7, 11) is 1.64. The summed E-state index contributed by atoms with van der Waals surface area (Å²) in [5, 5.41) is 10.6. The van der Waals surface area contributed by atoms with Crippen molar-refractivity contribution in [2.75, 3.05) is 13.7 Å². The molecule has 1 atom stereocenters. The Kier molecular flexibility index (Phi) is 5.61. The van der Waals surface area contributed by atoms with Crippen molar-refractivity contribution in [3.63, 3.8) is 0 Å². The van der Waals surface area contributed by atoms with Gasteiger partial charge in [-0.1, -0.05) is 13.8 Å². The Hall–Kier alpha value is -1.63. The summed E-state index contributed by atoms with van der Waals surface area (Å²) in [5.41, 5.74) is 0.470. The number of fused-ring (bicyclic) bond motifs is 1. The summed E-state index contributed by atoms with van der Waals surface area (Å²) in [6.07, 6.45) is 6.66. The van der Waals surface area contributed by atoms with Crippen LogP contribution in [0.25, 0.3) is 0 Å². The maximum atomic E-state index is 12.2. The lowest BCUT2D eigenvalue weighted by Crippen LogP contribution is -2.47. The van der Waals surface area contributed by atoms with E-state index in [1.165, 1.54) is 25.7 Å². The lowest BCUT2D eigenvalue weighted by atomic mass is 9.73. The van der Waals surface area contributed by atoms with Gasteiger partial charge in [-0.25, -0.2) is 14.5 Å². The van der Waals surface area contributed by atoms with Gasteiger partial charge in [-0.15, -0.1) is 0 Å². The van der Waals surface area contributed by atoms with Crippen molar-refractivity contribution in [3.05, 3.63) is 11.6 Å². The normalized spacial score (nSPS) is 23.1. The first kappa shape index (κ1) is 18.2. The van der Waals surface area contributed by atoms with Gasteiger partial charge in [0, 0.05) is 20.1 Å². The predicted octanol–water partition coefficient (Wildman–Crippen LogP) is 2.25. The van der Waals surface area contributed by atoms with Gasteiger partial charge < -0.3 is 15.4 Å². The molecule has 140 valence electrons. The summed E-state index contributed by atoms with van der Waals surface area (Å²) < 4.78 is 6.98. The fourth-order valence-electron chi connectivity index (χ4n) is 3.81. The number of ether oxygens (including phenoxy) is 1.